The molecule has 0 saturated heterocycles. The van der Waals surface area contributed by atoms with E-state index in [1.807, 2.05) is 11.3 Å². The molecule has 0 bridgehead atoms. The van der Waals surface area contributed by atoms with Crippen molar-refractivity contribution in [2.75, 3.05) is 4.90 Å². The minimum atomic E-state index is 1.10. The monoisotopic (exact) mass is 731 g/mol. The van der Waals surface area contributed by atoms with Gasteiger partial charge in [-0.15, -0.1) is 11.3 Å². The quantitative estimate of drug-likeness (QED) is 0.150. The fraction of sp³-hybridized carbons (Fsp3) is 0. The highest BCUT2D eigenvalue weighted by Crippen LogP contribution is 2.43. The van der Waals surface area contributed by atoms with Crippen LogP contribution in [0.15, 0.2) is 224 Å². The summed E-state index contributed by atoms with van der Waals surface area (Å²) in [6.07, 6.45) is 0. The molecule has 56 heavy (non-hydrogen) atoms. The Bertz CT molecular complexity index is 2830. The van der Waals surface area contributed by atoms with Crippen LogP contribution in [0.4, 0.5) is 17.1 Å². The van der Waals surface area contributed by atoms with Gasteiger partial charge in [0.15, 0.2) is 0 Å². The van der Waals surface area contributed by atoms with Crippen molar-refractivity contribution in [2.45, 2.75) is 0 Å². The molecule has 1 aromatic heterocycles. The molecule has 0 unspecified atom stereocenters. The van der Waals surface area contributed by atoms with Gasteiger partial charge >= 0.3 is 0 Å². The predicted molar refractivity (Wildman–Crippen MR) is 241 cm³/mol. The Morgan fingerprint density at radius 3 is 1.20 bits per heavy atom. The summed E-state index contributed by atoms with van der Waals surface area (Å²) in [5, 5.41) is 2.62. The van der Waals surface area contributed by atoms with Gasteiger partial charge in [-0.3, -0.25) is 0 Å². The minimum Gasteiger partial charge on any atom is -0.311 e. The van der Waals surface area contributed by atoms with Gasteiger partial charge in [0.2, 0.25) is 0 Å². The molecule has 0 amide bonds. The fourth-order valence-electron chi connectivity index (χ4n) is 7.90. The molecule has 0 aliphatic rings. The van der Waals surface area contributed by atoms with Crippen molar-refractivity contribution in [1.29, 1.82) is 0 Å². The van der Waals surface area contributed by atoms with Crippen LogP contribution >= 0.6 is 11.3 Å². The summed E-state index contributed by atoms with van der Waals surface area (Å²) in [5.41, 5.74) is 15.6. The number of benzene rings is 9. The van der Waals surface area contributed by atoms with Crippen molar-refractivity contribution in [3.63, 3.8) is 0 Å². The Labute approximate surface area is 332 Å². The number of hydrogen-bond donors (Lipinski definition) is 0. The third-order valence-corrected chi connectivity index (χ3v) is 11.9. The Morgan fingerprint density at radius 1 is 0.268 bits per heavy atom. The molecule has 0 spiro atoms. The van der Waals surface area contributed by atoms with E-state index in [4.69, 9.17) is 0 Å². The number of thiophene rings is 1. The normalized spacial score (nSPS) is 11.2. The standard InChI is InChI=1S/C54H37NS/c1-4-13-38(14-5-1)40-23-30-45(31-24-40)55(46-32-25-41(26-33-46)39-15-6-2-7-16-39)47-34-27-43(28-35-47)48-19-10-11-20-49(48)44-29-36-51-52-22-12-21-50(42-17-8-3-9-18-42)54(52)56-53(51)37-44/h1-37H. The van der Waals surface area contributed by atoms with Gasteiger partial charge in [-0.05, 0) is 98.1 Å². The summed E-state index contributed by atoms with van der Waals surface area (Å²) < 4.78 is 2.64. The van der Waals surface area contributed by atoms with Crippen LogP contribution in [0.25, 0.3) is 75.8 Å². The predicted octanol–water partition coefficient (Wildman–Crippen LogP) is 15.9. The van der Waals surface area contributed by atoms with Crippen molar-refractivity contribution in [3.05, 3.63) is 224 Å². The molecule has 10 rings (SSSR count). The minimum absolute atomic E-state index is 1.10. The maximum Gasteiger partial charge on any atom is 0.0462 e. The van der Waals surface area contributed by atoms with E-state index in [0.29, 0.717) is 0 Å². The number of rotatable bonds is 8. The third kappa shape index (κ3) is 6.36. The summed E-state index contributed by atoms with van der Waals surface area (Å²) in [4.78, 5) is 2.35. The largest absolute Gasteiger partial charge is 0.311 e. The van der Waals surface area contributed by atoms with Gasteiger partial charge in [0.1, 0.15) is 0 Å². The fourth-order valence-corrected chi connectivity index (χ4v) is 9.18. The molecular formula is C54H37NS. The molecule has 0 aliphatic carbocycles. The van der Waals surface area contributed by atoms with E-state index in [1.165, 1.54) is 75.8 Å². The second kappa shape index (κ2) is 14.7. The zero-order valence-corrected chi connectivity index (χ0v) is 31.5. The van der Waals surface area contributed by atoms with E-state index in [1.54, 1.807) is 0 Å². The van der Waals surface area contributed by atoms with E-state index in [0.717, 1.165) is 17.1 Å². The van der Waals surface area contributed by atoms with Gasteiger partial charge in [0, 0.05) is 37.2 Å². The van der Waals surface area contributed by atoms with E-state index in [-0.39, 0.29) is 0 Å². The molecule has 1 heterocycles. The van der Waals surface area contributed by atoms with Crippen molar-refractivity contribution in [2.24, 2.45) is 0 Å². The molecular weight excluding hydrogens is 695 g/mol. The zero-order valence-electron chi connectivity index (χ0n) is 30.7. The Morgan fingerprint density at radius 2 is 0.661 bits per heavy atom. The highest BCUT2D eigenvalue weighted by Gasteiger charge is 2.16. The zero-order chi connectivity index (χ0) is 37.3. The number of fused-ring (bicyclic) bond motifs is 3. The first-order valence-corrected chi connectivity index (χ1v) is 19.9. The lowest BCUT2D eigenvalue weighted by atomic mass is 9.94. The van der Waals surface area contributed by atoms with Crippen LogP contribution in [0, 0.1) is 0 Å². The summed E-state index contributed by atoms with van der Waals surface area (Å²) in [7, 11) is 0. The van der Waals surface area contributed by atoms with Crippen molar-refractivity contribution in [3.8, 4) is 55.6 Å². The Balaban J connectivity index is 1.01. The van der Waals surface area contributed by atoms with Gasteiger partial charge < -0.3 is 4.90 Å². The SMILES string of the molecule is c1ccc(-c2ccc(N(c3ccc(-c4ccccc4)cc3)c3ccc(-c4ccccc4-c4ccc5c(c4)sc4c(-c6ccccc6)cccc45)cc3)cc2)cc1. The van der Waals surface area contributed by atoms with Gasteiger partial charge in [0.25, 0.3) is 0 Å². The van der Waals surface area contributed by atoms with Crippen LogP contribution < -0.4 is 4.90 Å². The molecule has 0 aliphatic heterocycles. The third-order valence-electron chi connectivity index (χ3n) is 10.7. The first-order valence-electron chi connectivity index (χ1n) is 19.1. The Kier molecular flexibility index (Phi) is 8.79. The van der Waals surface area contributed by atoms with E-state index in [2.05, 4.69) is 229 Å². The maximum absolute atomic E-state index is 2.38. The number of nitrogens with zero attached hydrogens (tertiary/aromatic N) is 1. The van der Waals surface area contributed by atoms with Crippen LogP contribution in [0.3, 0.4) is 0 Å². The molecule has 0 saturated carbocycles. The van der Waals surface area contributed by atoms with Crippen LogP contribution in [0.2, 0.25) is 0 Å². The second-order valence-electron chi connectivity index (χ2n) is 14.1. The van der Waals surface area contributed by atoms with Gasteiger partial charge in [-0.2, -0.15) is 0 Å². The molecule has 0 fully saturated rings. The summed E-state index contributed by atoms with van der Waals surface area (Å²) >= 11 is 1.89. The first-order chi connectivity index (χ1) is 27.8. The van der Waals surface area contributed by atoms with E-state index < -0.39 is 0 Å². The molecule has 1 nitrogen and oxygen atoms in total. The molecule has 0 N–H and O–H groups in total. The topological polar surface area (TPSA) is 3.24 Å². The average Bonchev–Trinajstić information content (AvgIpc) is 3.66. The average molecular weight is 732 g/mol. The Hall–Kier alpha value is -7.00. The van der Waals surface area contributed by atoms with E-state index in [9.17, 15) is 0 Å². The van der Waals surface area contributed by atoms with Crippen molar-refractivity contribution < 1.29 is 0 Å². The second-order valence-corrected chi connectivity index (χ2v) is 15.2. The van der Waals surface area contributed by atoms with Gasteiger partial charge in [-0.1, -0.05) is 182 Å². The lowest BCUT2D eigenvalue weighted by molar-refractivity contribution is 1.28. The summed E-state index contributed by atoms with van der Waals surface area (Å²) in [5.74, 6) is 0. The molecule has 0 radical (unpaired) electrons. The smallest absolute Gasteiger partial charge is 0.0462 e. The van der Waals surface area contributed by atoms with Gasteiger partial charge in [0.05, 0.1) is 0 Å². The first kappa shape index (κ1) is 33.6. The summed E-state index contributed by atoms with van der Waals surface area (Å²) in [6.45, 7) is 0. The van der Waals surface area contributed by atoms with Crippen LogP contribution in [-0.4, -0.2) is 0 Å². The molecule has 264 valence electrons. The molecule has 10 aromatic rings. The number of anilines is 3. The van der Waals surface area contributed by atoms with Crippen LogP contribution in [0.1, 0.15) is 0 Å². The van der Waals surface area contributed by atoms with E-state index >= 15 is 0 Å². The lowest BCUT2D eigenvalue weighted by Crippen LogP contribution is -2.09. The number of hydrogen-bond acceptors (Lipinski definition) is 2. The highest BCUT2D eigenvalue weighted by molar-refractivity contribution is 7.26. The van der Waals surface area contributed by atoms with Crippen LogP contribution in [0.5, 0.6) is 0 Å². The summed E-state index contributed by atoms with van der Waals surface area (Å²) in [6, 6.07) is 81.1. The molecule has 9 aromatic carbocycles. The van der Waals surface area contributed by atoms with Crippen molar-refractivity contribution >= 4 is 48.6 Å². The van der Waals surface area contributed by atoms with Crippen molar-refractivity contribution in [1.82, 2.24) is 0 Å². The van der Waals surface area contributed by atoms with Gasteiger partial charge in [-0.25, -0.2) is 0 Å². The molecule has 2 heteroatoms. The van der Waals surface area contributed by atoms with Crippen LogP contribution in [-0.2, 0) is 0 Å². The lowest BCUT2D eigenvalue weighted by Gasteiger charge is -2.26. The molecule has 0 atom stereocenters. The maximum atomic E-state index is 2.38. The highest BCUT2D eigenvalue weighted by atomic mass is 32.1.